The van der Waals surface area contributed by atoms with Crippen molar-refractivity contribution in [3.63, 3.8) is 0 Å². The highest BCUT2D eigenvalue weighted by molar-refractivity contribution is 4.69. The van der Waals surface area contributed by atoms with Crippen LogP contribution in [0.1, 0.15) is 13.3 Å². The van der Waals surface area contributed by atoms with Crippen LogP contribution in [0.15, 0.2) is 0 Å². The molecule has 1 saturated heterocycles. The Kier molecular flexibility index (Phi) is 2.49. The minimum Gasteiger partial charge on any atom is -0.396 e. The highest BCUT2D eigenvalue weighted by Gasteiger charge is 2.20. The maximum atomic E-state index is 8.74. The van der Waals surface area contributed by atoms with Gasteiger partial charge in [-0.05, 0) is 18.3 Å². The van der Waals surface area contributed by atoms with E-state index in [1.807, 2.05) is 0 Å². The molecule has 0 aromatic heterocycles. The molecule has 2 unspecified atom stereocenters. The van der Waals surface area contributed by atoms with Crippen molar-refractivity contribution in [1.29, 1.82) is 0 Å². The van der Waals surface area contributed by atoms with Crippen molar-refractivity contribution in [2.24, 2.45) is 11.8 Å². The molecule has 0 aromatic carbocycles. The molecule has 0 bridgehead atoms. The zero-order valence-electron chi connectivity index (χ0n) is 5.84. The van der Waals surface area contributed by atoms with E-state index < -0.39 is 0 Å². The van der Waals surface area contributed by atoms with E-state index in [9.17, 15) is 0 Å². The molecule has 1 fully saturated rings. The molecule has 54 valence electrons. The summed E-state index contributed by atoms with van der Waals surface area (Å²) in [4.78, 5) is 0. The Balaban J connectivity index is 2.24. The first-order valence-electron chi connectivity index (χ1n) is 3.53. The van der Waals surface area contributed by atoms with Gasteiger partial charge in [-0.15, -0.1) is 0 Å². The molecule has 2 atom stereocenters. The molecule has 0 spiro atoms. The molecular weight excluding hydrogens is 116 g/mol. The summed E-state index contributed by atoms with van der Waals surface area (Å²) in [6.45, 7) is 4.10. The second-order valence-electron chi connectivity index (χ2n) is 2.78. The normalized spacial score (nSPS) is 30.7. The van der Waals surface area contributed by atoms with Gasteiger partial charge in [-0.1, -0.05) is 6.92 Å². The average molecular weight is 130 g/mol. The van der Waals surface area contributed by atoms with Crippen molar-refractivity contribution in [3.05, 3.63) is 0 Å². The summed E-state index contributed by atoms with van der Waals surface area (Å²) < 4.78 is 5.17. The summed E-state index contributed by atoms with van der Waals surface area (Å²) in [6, 6.07) is 0. The minimum absolute atomic E-state index is 0.300. The van der Waals surface area contributed by atoms with Gasteiger partial charge < -0.3 is 9.84 Å². The molecule has 1 N–H and O–H groups in total. The fourth-order valence-electron chi connectivity index (χ4n) is 1.15. The van der Waals surface area contributed by atoms with Crippen molar-refractivity contribution in [2.45, 2.75) is 13.3 Å². The number of hydrogen-bond acceptors (Lipinski definition) is 2. The molecule has 0 amide bonds. The Bertz CT molecular complexity index is 77.0. The predicted molar refractivity (Wildman–Crippen MR) is 35.2 cm³/mol. The van der Waals surface area contributed by atoms with Crippen LogP contribution in [-0.2, 0) is 4.74 Å². The Morgan fingerprint density at radius 3 is 3.00 bits per heavy atom. The summed E-state index contributed by atoms with van der Waals surface area (Å²) in [5, 5.41) is 8.74. The maximum Gasteiger partial charge on any atom is 0.0498 e. The van der Waals surface area contributed by atoms with E-state index in [0.29, 0.717) is 18.4 Å². The van der Waals surface area contributed by atoms with Crippen molar-refractivity contribution < 1.29 is 9.84 Å². The molecule has 9 heavy (non-hydrogen) atoms. The van der Waals surface area contributed by atoms with Crippen LogP contribution < -0.4 is 0 Å². The molecule has 0 radical (unpaired) electrons. The molecule has 0 saturated carbocycles. The number of ether oxygens (including phenoxy) is 1. The van der Waals surface area contributed by atoms with Gasteiger partial charge in [0.2, 0.25) is 0 Å². The lowest BCUT2D eigenvalue weighted by molar-refractivity contribution is 0.147. The molecule has 1 rings (SSSR count). The van der Waals surface area contributed by atoms with Crippen LogP contribution in [0.2, 0.25) is 0 Å². The second-order valence-corrected chi connectivity index (χ2v) is 2.78. The third-order valence-electron chi connectivity index (χ3n) is 2.06. The van der Waals surface area contributed by atoms with E-state index in [2.05, 4.69) is 6.92 Å². The lowest BCUT2D eigenvalue weighted by Gasteiger charge is -2.13. The summed E-state index contributed by atoms with van der Waals surface area (Å²) in [5.41, 5.74) is 0. The van der Waals surface area contributed by atoms with Gasteiger partial charge in [0.1, 0.15) is 0 Å². The zero-order chi connectivity index (χ0) is 6.69. The van der Waals surface area contributed by atoms with Gasteiger partial charge >= 0.3 is 0 Å². The van der Waals surface area contributed by atoms with Gasteiger partial charge in [-0.2, -0.15) is 0 Å². The number of rotatable bonds is 2. The predicted octanol–water partition coefficient (Wildman–Crippen LogP) is 0.651. The molecule has 1 aliphatic heterocycles. The van der Waals surface area contributed by atoms with E-state index in [0.717, 1.165) is 19.6 Å². The highest BCUT2D eigenvalue weighted by atomic mass is 16.5. The molecule has 1 heterocycles. The van der Waals surface area contributed by atoms with Crippen LogP contribution in [0.5, 0.6) is 0 Å². The lowest BCUT2D eigenvalue weighted by Crippen LogP contribution is -2.14. The van der Waals surface area contributed by atoms with Crippen LogP contribution in [0, 0.1) is 11.8 Å². The first-order chi connectivity index (χ1) is 4.34. The maximum absolute atomic E-state index is 8.74. The van der Waals surface area contributed by atoms with E-state index in [-0.39, 0.29) is 0 Å². The minimum atomic E-state index is 0.300. The van der Waals surface area contributed by atoms with Gasteiger partial charge in [0.05, 0.1) is 0 Å². The van der Waals surface area contributed by atoms with E-state index in [1.54, 1.807) is 0 Å². The topological polar surface area (TPSA) is 29.5 Å². The molecular formula is C7H14O2. The Labute approximate surface area is 55.8 Å². The van der Waals surface area contributed by atoms with Crippen LogP contribution in [-0.4, -0.2) is 24.9 Å². The lowest BCUT2D eigenvalue weighted by atomic mass is 9.94. The van der Waals surface area contributed by atoms with Gasteiger partial charge in [-0.25, -0.2) is 0 Å². The molecule has 1 aliphatic rings. The van der Waals surface area contributed by atoms with E-state index in [4.69, 9.17) is 9.84 Å². The molecule has 0 aromatic rings. The summed E-state index contributed by atoms with van der Waals surface area (Å²) in [5.74, 6) is 1.03. The summed E-state index contributed by atoms with van der Waals surface area (Å²) >= 11 is 0. The van der Waals surface area contributed by atoms with Crippen LogP contribution in [0.25, 0.3) is 0 Å². The quantitative estimate of drug-likeness (QED) is 0.594. The third kappa shape index (κ3) is 1.66. The Hall–Kier alpha value is -0.0800. The highest BCUT2D eigenvalue weighted by Crippen LogP contribution is 2.20. The van der Waals surface area contributed by atoms with E-state index >= 15 is 0 Å². The molecule has 0 aliphatic carbocycles. The fourth-order valence-corrected chi connectivity index (χ4v) is 1.15. The van der Waals surface area contributed by atoms with Gasteiger partial charge in [-0.3, -0.25) is 0 Å². The monoisotopic (exact) mass is 130 g/mol. The second kappa shape index (κ2) is 3.18. The largest absolute Gasteiger partial charge is 0.396 e. The summed E-state index contributed by atoms with van der Waals surface area (Å²) in [7, 11) is 0. The Morgan fingerprint density at radius 1 is 1.78 bits per heavy atom. The van der Waals surface area contributed by atoms with Crippen molar-refractivity contribution in [1.82, 2.24) is 0 Å². The number of hydrogen-bond donors (Lipinski definition) is 1. The SMILES string of the molecule is CC(CO)C1CCOC1. The van der Waals surface area contributed by atoms with Crippen LogP contribution in [0.3, 0.4) is 0 Å². The molecule has 2 nitrogen and oxygen atoms in total. The zero-order valence-corrected chi connectivity index (χ0v) is 5.84. The van der Waals surface area contributed by atoms with E-state index in [1.165, 1.54) is 0 Å². The first kappa shape index (κ1) is 7.03. The fraction of sp³-hybridized carbons (Fsp3) is 1.00. The smallest absolute Gasteiger partial charge is 0.0498 e. The van der Waals surface area contributed by atoms with Gasteiger partial charge in [0, 0.05) is 19.8 Å². The first-order valence-corrected chi connectivity index (χ1v) is 3.53. The van der Waals surface area contributed by atoms with Crippen LogP contribution >= 0.6 is 0 Å². The third-order valence-corrected chi connectivity index (χ3v) is 2.06. The molecule has 2 heteroatoms. The van der Waals surface area contributed by atoms with Gasteiger partial charge in [0.25, 0.3) is 0 Å². The standard InChI is InChI=1S/C7H14O2/c1-6(4-8)7-2-3-9-5-7/h6-8H,2-5H2,1H3. The number of aliphatic hydroxyl groups is 1. The average Bonchev–Trinajstić information content (AvgIpc) is 2.37. The van der Waals surface area contributed by atoms with Crippen LogP contribution in [0.4, 0.5) is 0 Å². The van der Waals surface area contributed by atoms with Crippen molar-refractivity contribution in [2.75, 3.05) is 19.8 Å². The summed E-state index contributed by atoms with van der Waals surface area (Å²) in [6.07, 6.45) is 1.13. The number of aliphatic hydroxyl groups excluding tert-OH is 1. The van der Waals surface area contributed by atoms with Gasteiger partial charge in [0.15, 0.2) is 0 Å². The van der Waals surface area contributed by atoms with Crippen molar-refractivity contribution >= 4 is 0 Å². The Morgan fingerprint density at radius 2 is 2.56 bits per heavy atom. The van der Waals surface area contributed by atoms with Crippen molar-refractivity contribution in [3.8, 4) is 0 Å².